The lowest BCUT2D eigenvalue weighted by molar-refractivity contribution is -0.121. The van der Waals surface area contributed by atoms with Crippen molar-refractivity contribution < 1.29 is 9.90 Å². The Balaban J connectivity index is 2.27. The number of carbonyl (C=O) groups is 1. The van der Waals surface area contributed by atoms with Gasteiger partial charge in [0.25, 0.3) is 0 Å². The number of para-hydroxylation sites is 1. The molecule has 3 N–H and O–H groups in total. The van der Waals surface area contributed by atoms with Gasteiger partial charge >= 0.3 is 0 Å². The number of rotatable bonds is 7. The molecule has 1 aromatic rings. The van der Waals surface area contributed by atoms with Crippen molar-refractivity contribution in [2.75, 3.05) is 6.54 Å². The lowest BCUT2D eigenvalue weighted by atomic mass is 10.2. The standard InChI is InChI=1S/C14H21BrN2O2/c1-3-10(2)17-13(18)7-8-16-9-11-5-4-6-12(15)14(11)19/h4-6,10,16,19H,3,7-9H2,1-2H3,(H,17,18). The van der Waals surface area contributed by atoms with Crippen LogP contribution in [0.15, 0.2) is 22.7 Å². The number of hydrogen-bond acceptors (Lipinski definition) is 3. The Morgan fingerprint density at radius 3 is 2.89 bits per heavy atom. The van der Waals surface area contributed by atoms with Gasteiger partial charge in [-0.2, -0.15) is 0 Å². The molecule has 0 heterocycles. The van der Waals surface area contributed by atoms with Gasteiger partial charge < -0.3 is 15.7 Å². The molecule has 1 amide bonds. The van der Waals surface area contributed by atoms with Crippen LogP contribution >= 0.6 is 15.9 Å². The van der Waals surface area contributed by atoms with Crippen LogP contribution in [0, 0.1) is 0 Å². The Bertz CT molecular complexity index is 424. The van der Waals surface area contributed by atoms with E-state index in [4.69, 9.17) is 0 Å². The molecule has 0 aliphatic carbocycles. The Labute approximate surface area is 122 Å². The van der Waals surface area contributed by atoms with Crippen molar-refractivity contribution in [3.8, 4) is 5.75 Å². The van der Waals surface area contributed by atoms with Crippen molar-refractivity contribution in [3.63, 3.8) is 0 Å². The maximum absolute atomic E-state index is 11.5. The normalized spacial score (nSPS) is 12.2. The minimum atomic E-state index is 0.0558. The van der Waals surface area contributed by atoms with Crippen molar-refractivity contribution in [2.24, 2.45) is 0 Å². The zero-order valence-electron chi connectivity index (χ0n) is 11.4. The van der Waals surface area contributed by atoms with Gasteiger partial charge in [-0.3, -0.25) is 4.79 Å². The maximum Gasteiger partial charge on any atom is 0.221 e. The number of benzene rings is 1. The van der Waals surface area contributed by atoms with Crippen LogP contribution < -0.4 is 10.6 Å². The molecule has 1 atom stereocenters. The van der Waals surface area contributed by atoms with E-state index in [1.54, 1.807) is 6.07 Å². The second-order valence-electron chi connectivity index (χ2n) is 4.55. The van der Waals surface area contributed by atoms with E-state index in [0.717, 1.165) is 12.0 Å². The molecule has 1 unspecified atom stereocenters. The third-order valence-corrected chi connectivity index (χ3v) is 3.57. The van der Waals surface area contributed by atoms with Gasteiger partial charge in [0.15, 0.2) is 0 Å². The number of carbonyl (C=O) groups excluding carboxylic acids is 1. The van der Waals surface area contributed by atoms with Crippen molar-refractivity contribution in [1.29, 1.82) is 0 Å². The van der Waals surface area contributed by atoms with Gasteiger partial charge in [-0.05, 0) is 35.3 Å². The lowest BCUT2D eigenvalue weighted by Crippen LogP contribution is -2.33. The Morgan fingerprint density at radius 1 is 1.47 bits per heavy atom. The second kappa shape index (κ2) is 8.17. The molecular formula is C14H21BrN2O2. The number of hydrogen-bond donors (Lipinski definition) is 3. The number of amides is 1. The molecule has 5 heteroatoms. The van der Waals surface area contributed by atoms with Crippen LogP contribution in [0.2, 0.25) is 0 Å². The minimum Gasteiger partial charge on any atom is -0.506 e. The van der Waals surface area contributed by atoms with Crippen molar-refractivity contribution >= 4 is 21.8 Å². The molecule has 1 aromatic carbocycles. The first-order valence-corrected chi connectivity index (χ1v) is 7.30. The number of aromatic hydroxyl groups is 1. The summed E-state index contributed by atoms with van der Waals surface area (Å²) in [5.74, 6) is 0.305. The predicted molar refractivity (Wildman–Crippen MR) is 80.0 cm³/mol. The van der Waals surface area contributed by atoms with E-state index >= 15 is 0 Å². The molecule has 0 aromatic heterocycles. The van der Waals surface area contributed by atoms with E-state index in [1.807, 2.05) is 26.0 Å². The smallest absolute Gasteiger partial charge is 0.221 e. The molecule has 0 aliphatic heterocycles. The molecule has 0 aliphatic rings. The fraction of sp³-hybridized carbons (Fsp3) is 0.500. The van der Waals surface area contributed by atoms with E-state index in [1.165, 1.54) is 0 Å². The first-order valence-electron chi connectivity index (χ1n) is 6.51. The number of halogens is 1. The van der Waals surface area contributed by atoms with Crippen LogP contribution in [-0.2, 0) is 11.3 Å². The highest BCUT2D eigenvalue weighted by atomic mass is 79.9. The van der Waals surface area contributed by atoms with E-state index in [9.17, 15) is 9.90 Å². The summed E-state index contributed by atoms with van der Waals surface area (Å²) in [5.41, 5.74) is 0.816. The highest BCUT2D eigenvalue weighted by Gasteiger charge is 2.06. The van der Waals surface area contributed by atoms with Crippen LogP contribution in [-0.4, -0.2) is 23.6 Å². The molecule has 0 saturated heterocycles. The highest BCUT2D eigenvalue weighted by Crippen LogP contribution is 2.27. The largest absolute Gasteiger partial charge is 0.506 e. The summed E-state index contributed by atoms with van der Waals surface area (Å²) in [5, 5.41) is 15.9. The summed E-state index contributed by atoms with van der Waals surface area (Å²) in [7, 11) is 0. The van der Waals surface area contributed by atoms with Crippen LogP contribution in [0.3, 0.4) is 0 Å². The van der Waals surface area contributed by atoms with E-state index < -0.39 is 0 Å². The summed E-state index contributed by atoms with van der Waals surface area (Å²) >= 11 is 3.27. The summed E-state index contributed by atoms with van der Waals surface area (Å²) in [6, 6.07) is 5.74. The number of phenols is 1. The maximum atomic E-state index is 11.5. The highest BCUT2D eigenvalue weighted by molar-refractivity contribution is 9.10. The molecule has 0 radical (unpaired) electrons. The van der Waals surface area contributed by atoms with Crippen LogP contribution in [0.1, 0.15) is 32.3 Å². The summed E-state index contributed by atoms with van der Waals surface area (Å²) in [4.78, 5) is 11.5. The van der Waals surface area contributed by atoms with Crippen molar-refractivity contribution in [1.82, 2.24) is 10.6 Å². The van der Waals surface area contributed by atoms with E-state index in [0.29, 0.717) is 24.0 Å². The van der Waals surface area contributed by atoms with Crippen LogP contribution in [0.4, 0.5) is 0 Å². The van der Waals surface area contributed by atoms with Gasteiger partial charge in [0, 0.05) is 31.1 Å². The van der Waals surface area contributed by atoms with Gasteiger partial charge in [0.2, 0.25) is 5.91 Å². The zero-order valence-corrected chi connectivity index (χ0v) is 13.0. The Kier molecular flexibility index (Phi) is 6.87. The van der Waals surface area contributed by atoms with Gasteiger partial charge in [-0.1, -0.05) is 19.1 Å². The molecule has 1 rings (SSSR count). The van der Waals surface area contributed by atoms with Gasteiger partial charge in [-0.25, -0.2) is 0 Å². The monoisotopic (exact) mass is 328 g/mol. The fourth-order valence-corrected chi connectivity index (χ4v) is 1.98. The first kappa shape index (κ1) is 16.0. The quantitative estimate of drug-likeness (QED) is 0.674. The average Bonchev–Trinajstić information content (AvgIpc) is 2.39. The molecular weight excluding hydrogens is 308 g/mol. The predicted octanol–water partition coefficient (Wildman–Crippen LogP) is 2.55. The number of nitrogens with one attached hydrogen (secondary N) is 2. The van der Waals surface area contributed by atoms with E-state index in [2.05, 4.69) is 26.6 Å². The lowest BCUT2D eigenvalue weighted by Gasteiger charge is -2.12. The second-order valence-corrected chi connectivity index (χ2v) is 5.41. The third kappa shape index (κ3) is 5.61. The Hall–Kier alpha value is -1.07. The molecule has 0 saturated carbocycles. The van der Waals surface area contributed by atoms with Crippen molar-refractivity contribution in [2.45, 2.75) is 39.3 Å². The topological polar surface area (TPSA) is 61.4 Å². The molecule has 19 heavy (non-hydrogen) atoms. The SMILES string of the molecule is CCC(C)NC(=O)CCNCc1cccc(Br)c1O. The number of phenolic OH excluding ortho intramolecular Hbond substituents is 1. The van der Waals surface area contributed by atoms with E-state index in [-0.39, 0.29) is 17.7 Å². The summed E-state index contributed by atoms with van der Waals surface area (Å²) < 4.78 is 0.682. The minimum absolute atomic E-state index is 0.0558. The molecule has 106 valence electrons. The molecule has 0 spiro atoms. The van der Waals surface area contributed by atoms with Crippen molar-refractivity contribution in [3.05, 3.63) is 28.2 Å². The van der Waals surface area contributed by atoms with Crippen LogP contribution in [0.25, 0.3) is 0 Å². The van der Waals surface area contributed by atoms with Crippen LogP contribution in [0.5, 0.6) is 5.75 Å². The molecule has 0 fully saturated rings. The van der Waals surface area contributed by atoms with Gasteiger partial charge in [-0.15, -0.1) is 0 Å². The van der Waals surface area contributed by atoms with Gasteiger partial charge in [0.05, 0.1) is 4.47 Å². The summed E-state index contributed by atoms with van der Waals surface area (Å²) in [6.45, 7) is 5.17. The van der Waals surface area contributed by atoms with Gasteiger partial charge in [0.1, 0.15) is 5.75 Å². The average molecular weight is 329 g/mol. The molecule has 4 nitrogen and oxygen atoms in total. The zero-order chi connectivity index (χ0) is 14.3. The molecule has 0 bridgehead atoms. The first-order chi connectivity index (χ1) is 9.04. The Morgan fingerprint density at radius 2 is 2.21 bits per heavy atom. The third-order valence-electron chi connectivity index (χ3n) is 2.93. The summed E-state index contributed by atoms with van der Waals surface area (Å²) in [6.07, 6.45) is 1.38. The fourth-order valence-electron chi connectivity index (χ4n) is 1.58.